The Labute approximate surface area is 173 Å². The summed E-state index contributed by atoms with van der Waals surface area (Å²) in [6, 6.07) is 10.2. The van der Waals surface area contributed by atoms with Crippen molar-refractivity contribution in [2.24, 2.45) is 7.05 Å². The molecule has 0 aliphatic rings. The van der Waals surface area contributed by atoms with Crippen LogP contribution in [0.15, 0.2) is 42.7 Å². The van der Waals surface area contributed by atoms with Gasteiger partial charge in [-0.1, -0.05) is 24.3 Å². The topological polar surface area (TPSA) is 61.4 Å². The molecule has 0 atom stereocenters. The molecule has 30 heavy (non-hydrogen) atoms. The van der Waals surface area contributed by atoms with Crippen LogP contribution in [0.3, 0.4) is 0 Å². The second-order valence-electron chi connectivity index (χ2n) is 7.35. The summed E-state index contributed by atoms with van der Waals surface area (Å²) in [6.45, 7) is 5.91. The van der Waals surface area contributed by atoms with Gasteiger partial charge in [0.05, 0.1) is 22.8 Å². The lowest BCUT2D eigenvalue weighted by molar-refractivity contribution is 0.151. The molecule has 0 spiro atoms. The molecule has 1 aromatic carbocycles. The number of aryl methyl sites for hydroxylation is 3. The van der Waals surface area contributed by atoms with E-state index in [0.717, 1.165) is 39.6 Å². The molecular weight excluding hydrogens is 386 g/mol. The third kappa shape index (κ3) is 3.72. The van der Waals surface area contributed by atoms with Crippen molar-refractivity contribution < 1.29 is 8.78 Å². The maximum absolute atomic E-state index is 12.9. The second kappa shape index (κ2) is 7.78. The van der Waals surface area contributed by atoms with Gasteiger partial charge in [0, 0.05) is 36.4 Å². The first-order valence-electron chi connectivity index (χ1n) is 9.59. The smallest absolute Gasteiger partial charge is 0.263 e. The fourth-order valence-corrected chi connectivity index (χ4v) is 3.67. The molecule has 0 saturated heterocycles. The van der Waals surface area contributed by atoms with Gasteiger partial charge in [0.15, 0.2) is 5.82 Å². The molecule has 0 aliphatic heterocycles. The highest BCUT2D eigenvalue weighted by Crippen LogP contribution is 2.28. The van der Waals surface area contributed by atoms with E-state index in [1.807, 2.05) is 40.0 Å². The molecule has 6 nitrogen and oxygen atoms in total. The van der Waals surface area contributed by atoms with Gasteiger partial charge in [-0.3, -0.25) is 4.68 Å². The Morgan fingerprint density at radius 2 is 1.70 bits per heavy atom. The second-order valence-corrected chi connectivity index (χ2v) is 7.35. The zero-order valence-electron chi connectivity index (χ0n) is 17.3. The van der Waals surface area contributed by atoms with Crippen molar-refractivity contribution in [2.75, 3.05) is 0 Å². The largest absolute Gasteiger partial charge is 0.267 e. The van der Waals surface area contributed by atoms with Crippen molar-refractivity contribution in [3.8, 4) is 17.1 Å². The van der Waals surface area contributed by atoms with E-state index < -0.39 is 6.43 Å². The van der Waals surface area contributed by atoms with E-state index in [1.165, 1.54) is 18.5 Å². The Bertz CT molecular complexity index is 1190. The van der Waals surface area contributed by atoms with Crippen molar-refractivity contribution in [3.05, 3.63) is 76.6 Å². The van der Waals surface area contributed by atoms with Crippen molar-refractivity contribution in [1.29, 1.82) is 0 Å². The summed E-state index contributed by atoms with van der Waals surface area (Å²) in [6.07, 6.45) is -0.413. The van der Waals surface area contributed by atoms with Gasteiger partial charge in [-0.25, -0.2) is 23.4 Å². The van der Waals surface area contributed by atoms with Crippen molar-refractivity contribution in [1.82, 2.24) is 29.5 Å². The number of benzene rings is 1. The Morgan fingerprint density at radius 3 is 2.33 bits per heavy atom. The van der Waals surface area contributed by atoms with Gasteiger partial charge in [-0.2, -0.15) is 10.2 Å². The highest BCUT2D eigenvalue weighted by atomic mass is 19.3. The average Bonchev–Trinajstić information content (AvgIpc) is 3.19. The molecule has 3 heterocycles. The van der Waals surface area contributed by atoms with Crippen LogP contribution in [0.2, 0.25) is 0 Å². The van der Waals surface area contributed by atoms with E-state index in [9.17, 15) is 8.78 Å². The Morgan fingerprint density at radius 1 is 0.967 bits per heavy atom. The molecule has 0 amide bonds. The van der Waals surface area contributed by atoms with Crippen LogP contribution in [0.5, 0.6) is 0 Å². The van der Waals surface area contributed by atoms with E-state index in [-0.39, 0.29) is 5.56 Å². The van der Waals surface area contributed by atoms with Crippen molar-refractivity contribution in [3.63, 3.8) is 0 Å². The highest BCUT2D eigenvalue weighted by molar-refractivity contribution is 5.65. The molecule has 0 fully saturated rings. The molecule has 0 radical (unpaired) electrons. The summed E-state index contributed by atoms with van der Waals surface area (Å²) in [5.41, 5.74) is 6.39. The van der Waals surface area contributed by atoms with Gasteiger partial charge < -0.3 is 0 Å². The third-order valence-electron chi connectivity index (χ3n) is 5.10. The quantitative estimate of drug-likeness (QED) is 0.487. The van der Waals surface area contributed by atoms with E-state index in [2.05, 4.69) is 20.2 Å². The van der Waals surface area contributed by atoms with Crippen LogP contribution >= 0.6 is 0 Å². The normalized spacial score (nSPS) is 11.4. The van der Waals surface area contributed by atoms with Crippen molar-refractivity contribution >= 4 is 0 Å². The highest BCUT2D eigenvalue weighted by Gasteiger charge is 2.16. The number of rotatable bonds is 5. The molecule has 3 aromatic heterocycles. The number of hydrogen-bond donors (Lipinski definition) is 0. The molecule has 0 saturated carbocycles. The zero-order valence-corrected chi connectivity index (χ0v) is 17.3. The fourth-order valence-electron chi connectivity index (χ4n) is 3.67. The third-order valence-corrected chi connectivity index (χ3v) is 5.10. The molecular formula is C22H22F2N6. The SMILES string of the molecule is Cc1cc(C)n(-c2cc(Cc3nn(C)c(-c4ccc(C(F)F)cc4)c3C)ncn2)n1. The lowest BCUT2D eigenvalue weighted by Crippen LogP contribution is -2.05. The number of aromatic nitrogens is 6. The maximum atomic E-state index is 12.9. The van der Waals surface area contributed by atoms with Gasteiger partial charge in [-0.15, -0.1) is 0 Å². The number of halogens is 2. The van der Waals surface area contributed by atoms with Gasteiger partial charge in [0.1, 0.15) is 6.33 Å². The molecule has 154 valence electrons. The minimum absolute atomic E-state index is 0.0106. The van der Waals surface area contributed by atoms with E-state index >= 15 is 0 Å². The Hall–Kier alpha value is -3.42. The first-order chi connectivity index (χ1) is 14.3. The number of alkyl halides is 2. The molecule has 0 N–H and O–H groups in total. The summed E-state index contributed by atoms with van der Waals surface area (Å²) in [4.78, 5) is 8.74. The van der Waals surface area contributed by atoms with Crippen LogP contribution in [0.1, 0.15) is 40.3 Å². The van der Waals surface area contributed by atoms with Crippen LogP contribution in [0.25, 0.3) is 17.1 Å². The lowest BCUT2D eigenvalue weighted by Gasteiger charge is -2.06. The first-order valence-corrected chi connectivity index (χ1v) is 9.59. The number of nitrogens with zero attached hydrogens (tertiary/aromatic N) is 6. The Balaban J connectivity index is 1.64. The van der Waals surface area contributed by atoms with Gasteiger partial charge in [-0.05, 0) is 32.4 Å². The van der Waals surface area contributed by atoms with E-state index in [1.54, 1.807) is 21.5 Å². The first kappa shape index (κ1) is 19.9. The predicted molar refractivity (Wildman–Crippen MR) is 110 cm³/mol. The molecule has 8 heteroatoms. The summed E-state index contributed by atoms with van der Waals surface area (Å²) in [5.74, 6) is 0.710. The van der Waals surface area contributed by atoms with Crippen LogP contribution in [-0.4, -0.2) is 29.5 Å². The molecule has 4 aromatic rings. The van der Waals surface area contributed by atoms with E-state index in [0.29, 0.717) is 12.2 Å². The summed E-state index contributed by atoms with van der Waals surface area (Å²) in [7, 11) is 1.86. The summed E-state index contributed by atoms with van der Waals surface area (Å²) >= 11 is 0. The van der Waals surface area contributed by atoms with E-state index in [4.69, 9.17) is 0 Å². The Kier molecular flexibility index (Phi) is 5.15. The van der Waals surface area contributed by atoms with Crippen molar-refractivity contribution in [2.45, 2.75) is 33.6 Å². The molecule has 0 unspecified atom stereocenters. The van der Waals surface area contributed by atoms with Gasteiger partial charge in [0.2, 0.25) is 0 Å². The van der Waals surface area contributed by atoms with Gasteiger partial charge in [0.25, 0.3) is 6.43 Å². The molecule has 0 bridgehead atoms. The van der Waals surface area contributed by atoms with Crippen LogP contribution in [-0.2, 0) is 13.5 Å². The number of hydrogen-bond acceptors (Lipinski definition) is 4. The summed E-state index contributed by atoms with van der Waals surface area (Å²) < 4.78 is 29.3. The lowest BCUT2D eigenvalue weighted by atomic mass is 10.0. The molecule has 0 aliphatic carbocycles. The molecule has 4 rings (SSSR count). The van der Waals surface area contributed by atoms with Gasteiger partial charge >= 0.3 is 0 Å². The minimum Gasteiger partial charge on any atom is -0.267 e. The van der Waals surface area contributed by atoms with Crippen LogP contribution in [0.4, 0.5) is 8.78 Å². The fraction of sp³-hybridized carbons (Fsp3) is 0.273. The average molecular weight is 408 g/mol. The zero-order chi connectivity index (χ0) is 21.4. The minimum atomic E-state index is -2.48. The monoisotopic (exact) mass is 408 g/mol. The predicted octanol–water partition coefficient (Wildman–Crippen LogP) is 4.52. The standard InChI is InChI=1S/C22H22F2N6/c1-13-9-14(2)30(27-13)20-11-18(25-12-26-20)10-19-15(3)21(29(4)28-19)16-5-7-17(8-6-16)22(23)24/h5-9,11-12,22H,10H2,1-4H3. The maximum Gasteiger partial charge on any atom is 0.263 e. The van der Waals surface area contributed by atoms with Crippen LogP contribution < -0.4 is 0 Å². The summed E-state index contributed by atoms with van der Waals surface area (Å²) in [5, 5.41) is 9.13. The van der Waals surface area contributed by atoms with Crippen LogP contribution in [0, 0.1) is 20.8 Å².